The molecule has 0 amide bonds. The molecule has 5 heteroatoms. The number of fused-ring (bicyclic) bond motifs is 1. The first-order valence-corrected chi connectivity index (χ1v) is 5.86. The Labute approximate surface area is 98.8 Å². The van der Waals surface area contributed by atoms with Crippen LogP contribution >= 0.6 is 11.5 Å². The van der Waals surface area contributed by atoms with Crippen molar-refractivity contribution in [3.63, 3.8) is 0 Å². The monoisotopic (exact) mass is 237 g/mol. The topological polar surface area (TPSA) is 51.4 Å². The van der Waals surface area contributed by atoms with Gasteiger partial charge >= 0.3 is 0 Å². The van der Waals surface area contributed by atoms with Gasteiger partial charge in [0.05, 0.1) is 4.70 Å². The fourth-order valence-corrected chi connectivity index (χ4v) is 2.11. The summed E-state index contributed by atoms with van der Waals surface area (Å²) in [6, 6.07) is 5.88. The van der Waals surface area contributed by atoms with E-state index >= 15 is 0 Å². The number of aromatic nitrogens is 1. The van der Waals surface area contributed by atoms with Gasteiger partial charge in [-0.15, -0.1) is 0 Å². The summed E-state index contributed by atoms with van der Waals surface area (Å²) in [6.45, 7) is 1.59. The number of ether oxygens (including phenoxy) is 1. The Morgan fingerprint density at radius 2 is 2.25 bits per heavy atom. The van der Waals surface area contributed by atoms with Crippen LogP contribution in [0.15, 0.2) is 18.2 Å². The summed E-state index contributed by atoms with van der Waals surface area (Å²) in [5, 5.41) is 1.00. The van der Waals surface area contributed by atoms with Crippen molar-refractivity contribution in [3.05, 3.63) is 18.2 Å². The summed E-state index contributed by atoms with van der Waals surface area (Å²) in [4.78, 5) is 2.09. The molecule has 0 aliphatic heterocycles. The highest BCUT2D eigenvalue weighted by Gasteiger charge is 2.04. The Morgan fingerprint density at radius 3 is 3.00 bits per heavy atom. The number of nitrogens with two attached hydrogens (primary N) is 1. The van der Waals surface area contributed by atoms with Crippen LogP contribution in [0.5, 0.6) is 5.75 Å². The highest BCUT2D eigenvalue weighted by atomic mass is 32.1. The van der Waals surface area contributed by atoms with Gasteiger partial charge in [0.25, 0.3) is 0 Å². The van der Waals surface area contributed by atoms with Gasteiger partial charge in [0, 0.05) is 11.9 Å². The fraction of sp³-hybridized carbons (Fsp3) is 0.364. The van der Waals surface area contributed by atoms with E-state index in [1.165, 1.54) is 11.5 Å². The van der Waals surface area contributed by atoms with Crippen LogP contribution in [0.3, 0.4) is 0 Å². The highest BCUT2D eigenvalue weighted by Crippen LogP contribution is 2.28. The molecule has 16 heavy (non-hydrogen) atoms. The van der Waals surface area contributed by atoms with Crippen LogP contribution < -0.4 is 10.5 Å². The first kappa shape index (κ1) is 11.2. The zero-order valence-electron chi connectivity index (χ0n) is 9.43. The van der Waals surface area contributed by atoms with Crippen LogP contribution in [0.2, 0.25) is 0 Å². The van der Waals surface area contributed by atoms with E-state index in [0.717, 1.165) is 22.4 Å². The molecular weight excluding hydrogens is 222 g/mol. The summed E-state index contributed by atoms with van der Waals surface area (Å²) < 4.78 is 10.8. The maximum Gasteiger partial charge on any atom is 0.144 e. The number of benzene rings is 1. The third kappa shape index (κ3) is 2.43. The quantitative estimate of drug-likeness (QED) is 0.881. The number of likely N-dealkylation sites (N-methyl/N-ethyl adjacent to an activating group) is 1. The maximum atomic E-state index is 5.72. The molecular formula is C11H15N3OS. The molecule has 0 fully saturated rings. The summed E-state index contributed by atoms with van der Waals surface area (Å²) in [6.07, 6.45) is 0. The van der Waals surface area contributed by atoms with Gasteiger partial charge in [0.2, 0.25) is 0 Å². The van der Waals surface area contributed by atoms with Crippen molar-refractivity contribution >= 4 is 27.4 Å². The predicted molar refractivity (Wildman–Crippen MR) is 68.1 cm³/mol. The van der Waals surface area contributed by atoms with Gasteiger partial charge < -0.3 is 15.4 Å². The normalized spacial score (nSPS) is 11.2. The minimum absolute atomic E-state index is 0.597. The van der Waals surface area contributed by atoms with Crippen molar-refractivity contribution in [2.24, 2.45) is 0 Å². The zero-order valence-corrected chi connectivity index (χ0v) is 10.3. The SMILES string of the molecule is CN(C)CCOc1ccc2c(N)nsc2c1. The Balaban J connectivity index is 2.08. The molecule has 1 heterocycles. The molecule has 0 saturated heterocycles. The number of nitrogens with zero attached hydrogens (tertiary/aromatic N) is 2. The second-order valence-electron chi connectivity index (χ2n) is 3.88. The second kappa shape index (κ2) is 4.67. The number of hydrogen-bond acceptors (Lipinski definition) is 5. The van der Waals surface area contributed by atoms with E-state index in [-0.39, 0.29) is 0 Å². The zero-order chi connectivity index (χ0) is 11.5. The summed E-state index contributed by atoms with van der Waals surface area (Å²) >= 11 is 1.40. The Morgan fingerprint density at radius 1 is 1.44 bits per heavy atom. The molecule has 2 rings (SSSR count). The molecule has 2 aromatic rings. The molecule has 0 saturated carbocycles. The highest BCUT2D eigenvalue weighted by molar-refractivity contribution is 7.13. The molecule has 0 aliphatic carbocycles. The maximum absolute atomic E-state index is 5.72. The van der Waals surface area contributed by atoms with Gasteiger partial charge in [-0.1, -0.05) is 0 Å². The first-order valence-electron chi connectivity index (χ1n) is 5.09. The van der Waals surface area contributed by atoms with Gasteiger partial charge in [-0.2, -0.15) is 4.37 Å². The van der Waals surface area contributed by atoms with Gasteiger partial charge in [-0.3, -0.25) is 0 Å². The molecule has 86 valence electrons. The molecule has 1 aromatic heterocycles. The van der Waals surface area contributed by atoms with Crippen molar-refractivity contribution in [1.29, 1.82) is 0 Å². The molecule has 0 radical (unpaired) electrons. The number of rotatable bonds is 4. The van der Waals surface area contributed by atoms with Crippen LogP contribution in [0.1, 0.15) is 0 Å². The Hall–Kier alpha value is -1.33. The van der Waals surface area contributed by atoms with Crippen molar-refractivity contribution < 1.29 is 4.74 Å². The summed E-state index contributed by atoms with van der Waals surface area (Å²) in [7, 11) is 4.05. The van der Waals surface area contributed by atoms with E-state index in [4.69, 9.17) is 10.5 Å². The van der Waals surface area contributed by atoms with Gasteiger partial charge in [-0.05, 0) is 43.8 Å². The minimum atomic E-state index is 0.597. The van der Waals surface area contributed by atoms with E-state index in [1.54, 1.807) is 0 Å². The van der Waals surface area contributed by atoms with E-state index in [1.807, 2.05) is 32.3 Å². The van der Waals surface area contributed by atoms with Crippen LogP contribution in [0.4, 0.5) is 5.82 Å². The lowest BCUT2D eigenvalue weighted by Gasteiger charge is -2.10. The standard InChI is InChI=1S/C11H15N3OS/c1-14(2)5-6-15-8-3-4-9-10(7-8)16-13-11(9)12/h3-4,7H,5-6H2,1-2H3,(H2,12,13). The smallest absolute Gasteiger partial charge is 0.144 e. The van der Waals surface area contributed by atoms with E-state index in [2.05, 4.69) is 9.27 Å². The number of hydrogen-bond donors (Lipinski definition) is 1. The van der Waals surface area contributed by atoms with Gasteiger partial charge in [0.1, 0.15) is 18.2 Å². The minimum Gasteiger partial charge on any atom is -0.492 e. The van der Waals surface area contributed by atoms with Crippen molar-refractivity contribution in [2.75, 3.05) is 33.0 Å². The number of anilines is 1. The molecule has 0 atom stereocenters. The van der Waals surface area contributed by atoms with E-state index in [9.17, 15) is 0 Å². The first-order chi connectivity index (χ1) is 7.66. The van der Waals surface area contributed by atoms with Gasteiger partial charge in [0.15, 0.2) is 0 Å². The molecule has 2 N–H and O–H groups in total. The average Bonchev–Trinajstić information content (AvgIpc) is 2.60. The van der Waals surface area contributed by atoms with Gasteiger partial charge in [-0.25, -0.2) is 0 Å². The molecule has 4 nitrogen and oxygen atoms in total. The van der Waals surface area contributed by atoms with Crippen LogP contribution in [0, 0.1) is 0 Å². The molecule has 0 spiro atoms. The third-order valence-corrected chi connectivity index (χ3v) is 3.10. The van der Waals surface area contributed by atoms with Crippen LogP contribution in [-0.4, -0.2) is 36.5 Å². The molecule has 0 aliphatic rings. The fourth-order valence-electron chi connectivity index (χ4n) is 1.37. The van der Waals surface area contributed by atoms with E-state index < -0.39 is 0 Å². The van der Waals surface area contributed by atoms with Crippen molar-refractivity contribution in [2.45, 2.75) is 0 Å². The Kier molecular flexibility index (Phi) is 3.26. The van der Waals surface area contributed by atoms with Crippen LogP contribution in [-0.2, 0) is 0 Å². The Bertz CT molecular complexity index is 481. The second-order valence-corrected chi connectivity index (χ2v) is 4.68. The average molecular weight is 237 g/mol. The number of nitrogen functional groups attached to an aromatic ring is 1. The lowest BCUT2D eigenvalue weighted by Crippen LogP contribution is -2.19. The largest absolute Gasteiger partial charge is 0.492 e. The van der Waals surface area contributed by atoms with Crippen molar-refractivity contribution in [1.82, 2.24) is 9.27 Å². The predicted octanol–water partition coefficient (Wildman–Crippen LogP) is 1.82. The molecule has 0 unspecified atom stereocenters. The van der Waals surface area contributed by atoms with E-state index in [0.29, 0.717) is 12.4 Å². The third-order valence-electron chi connectivity index (χ3n) is 2.28. The van der Waals surface area contributed by atoms with Crippen LogP contribution in [0.25, 0.3) is 10.1 Å². The molecule has 0 bridgehead atoms. The van der Waals surface area contributed by atoms with Crippen molar-refractivity contribution in [3.8, 4) is 5.75 Å². The summed E-state index contributed by atoms with van der Waals surface area (Å²) in [5.74, 6) is 1.47. The molecule has 1 aromatic carbocycles. The summed E-state index contributed by atoms with van der Waals surface area (Å²) in [5.41, 5.74) is 5.72. The lowest BCUT2D eigenvalue weighted by atomic mass is 10.2. The lowest BCUT2D eigenvalue weighted by molar-refractivity contribution is 0.261.